The summed E-state index contributed by atoms with van der Waals surface area (Å²) >= 11 is 0. The molecule has 4 rings (SSSR count). The molecule has 2 aromatic carbocycles. The van der Waals surface area contributed by atoms with Gasteiger partial charge in [0.05, 0.1) is 0 Å². The fraction of sp³-hybridized carbons (Fsp3) is 0.333. The quantitative estimate of drug-likeness (QED) is 0.728. The van der Waals surface area contributed by atoms with Crippen LogP contribution in [0.15, 0.2) is 60.8 Å². The average Bonchev–Trinajstić information content (AvgIpc) is 3.12. The second kappa shape index (κ2) is 7.20. The first kappa shape index (κ1) is 15.4. The maximum Gasteiger partial charge on any atom is 0.0499 e. The zero-order valence-corrected chi connectivity index (χ0v) is 14.0. The summed E-state index contributed by atoms with van der Waals surface area (Å²) in [6.07, 6.45) is 6.92. The topological polar surface area (TPSA) is 31.1 Å². The normalized spacial score (nSPS) is 18.9. The molecule has 1 aliphatic rings. The van der Waals surface area contributed by atoms with Crippen LogP contribution in [-0.4, -0.2) is 23.1 Å². The van der Waals surface area contributed by atoms with Crippen molar-refractivity contribution in [1.82, 2.24) is 15.4 Å². The van der Waals surface area contributed by atoms with Crippen molar-refractivity contribution < 1.29 is 0 Å². The van der Waals surface area contributed by atoms with Crippen LogP contribution in [0.25, 0.3) is 10.9 Å². The number of aromatic amines is 1. The second-order valence-electron chi connectivity index (χ2n) is 6.63. The number of hydrazine groups is 1. The number of hydrogen-bond donors (Lipinski definition) is 2. The smallest absolute Gasteiger partial charge is 0.0499 e. The van der Waals surface area contributed by atoms with Gasteiger partial charge >= 0.3 is 0 Å². The molecule has 0 aliphatic carbocycles. The van der Waals surface area contributed by atoms with E-state index < -0.39 is 0 Å². The van der Waals surface area contributed by atoms with Gasteiger partial charge in [-0.3, -0.25) is 5.43 Å². The van der Waals surface area contributed by atoms with Crippen molar-refractivity contribution in [3.05, 3.63) is 71.9 Å². The Hall–Kier alpha value is -2.10. The van der Waals surface area contributed by atoms with Gasteiger partial charge in [0.1, 0.15) is 0 Å². The second-order valence-corrected chi connectivity index (χ2v) is 6.63. The first-order valence-electron chi connectivity index (χ1n) is 9.02. The largest absolute Gasteiger partial charge is 0.361 e. The molecule has 1 saturated heterocycles. The lowest BCUT2D eigenvalue weighted by molar-refractivity contribution is 0.0873. The minimum absolute atomic E-state index is 0.467. The molecule has 2 N–H and O–H groups in total. The molecule has 3 aromatic rings. The summed E-state index contributed by atoms with van der Waals surface area (Å²) in [6.45, 7) is 2.11. The minimum Gasteiger partial charge on any atom is -0.361 e. The lowest BCUT2D eigenvalue weighted by Gasteiger charge is -2.36. The van der Waals surface area contributed by atoms with Crippen molar-refractivity contribution in [3.8, 4) is 0 Å². The highest BCUT2D eigenvalue weighted by Crippen LogP contribution is 2.33. The van der Waals surface area contributed by atoms with Crippen molar-refractivity contribution >= 4 is 10.9 Å². The number of H-pyrrole nitrogens is 1. The van der Waals surface area contributed by atoms with Crippen molar-refractivity contribution in [2.45, 2.75) is 31.7 Å². The maximum atomic E-state index is 3.70. The Morgan fingerprint density at radius 1 is 1.00 bits per heavy atom. The van der Waals surface area contributed by atoms with Gasteiger partial charge in [0.15, 0.2) is 0 Å². The summed E-state index contributed by atoms with van der Waals surface area (Å²) in [5.41, 5.74) is 7.78. The van der Waals surface area contributed by atoms with Crippen LogP contribution in [0.5, 0.6) is 0 Å². The van der Waals surface area contributed by atoms with E-state index in [9.17, 15) is 0 Å². The third-order valence-electron chi connectivity index (χ3n) is 5.06. The minimum atomic E-state index is 0.467. The van der Waals surface area contributed by atoms with E-state index in [1.54, 1.807) is 0 Å². The summed E-state index contributed by atoms with van der Waals surface area (Å²) in [5.74, 6) is 0. The highest BCUT2D eigenvalue weighted by Gasteiger charge is 2.25. The van der Waals surface area contributed by atoms with E-state index in [2.05, 4.69) is 70.0 Å². The predicted molar refractivity (Wildman–Crippen MR) is 99.7 cm³/mol. The van der Waals surface area contributed by atoms with Gasteiger partial charge in [-0.15, -0.1) is 0 Å². The highest BCUT2D eigenvalue weighted by atomic mass is 15.5. The summed E-state index contributed by atoms with van der Waals surface area (Å²) in [6, 6.07) is 20.0. The molecule has 124 valence electrons. The number of fused-ring (bicyclic) bond motifs is 1. The lowest BCUT2D eigenvalue weighted by atomic mass is 9.94. The summed E-state index contributed by atoms with van der Waals surface area (Å²) in [7, 11) is 0. The van der Waals surface area contributed by atoms with E-state index in [0.717, 1.165) is 19.5 Å². The van der Waals surface area contributed by atoms with Gasteiger partial charge in [-0.2, -0.15) is 0 Å². The Labute approximate surface area is 143 Å². The lowest BCUT2D eigenvalue weighted by Crippen LogP contribution is -2.44. The molecule has 3 heteroatoms. The summed E-state index contributed by atoms with van der Waals surface area (Å²) in [5, 5.41) is 3.83. The van der Waals surface area contributed by atoms with E-state index >= 15 is 0 Å². The monoisotopic (exact) mass is 319 g/mol. The first-order valence-corrected chi connectivity index (χ1v) is 9.02. The van der Waals surface area contributed by atoms with E-state index in [-0.39, 0.29) is 0 Å². The highest BCUT2D eigenvalue weighted by molar-refractivity contribution is 5.83. The number of rotatable bonds is 5. The molecular formula is C21H25N3. The third kappa shape index (κ3) is 3.23. The molecule has 1 atom stereocenters. The van der Waals surface area contributed by atoms with Crippen LogP contribution >= 0.6 is 0 Å². The molecule has 2 heterocycles. The number of benzene rings is 2. The molecule has 0 radical (unpaired) electrons. The number of hydrogen-bond acceptors (Lipinski definition) is 2. The van der Waals surface area contributed by atoms with Gasteiger partial charge in [-0.1, -0.05) is 48.9 Å². The van der Waals surface area contributed by atoms with Crippen LogP contribution in [0, 0.1) is 0 Å². The molecule has 1 aliphatic heterocycles. The first-order chi connectivity index (χ1) is 11.9. The standard InChI is InChI=1S/C21H25N3/c1-2-7-17(8-3-1)12-15-23-24-16-5-4-11-21(24)19-9-6-10-20-18(19)13-14-22-20/h1-3,6-10,13-14,21-23H,4-5,11-12,15-16H2. The summed E-state index contributed by atoms with van der Waals surface area (Å²) in [4.78, 5) is 3.34. The van der Waals surface area contributed by atoms with Crippen molar-refractivity contribution in [1.29, 1.82) is 0 Å². The maximum absolute atomic E-state index is 3.70. The zero-order chi connectivity index (χ0) is 16.2. The molecular weight excluding hydrogens is 294 g/mol. The van der Waals surface area contributed by atoms with Crippen molar-refractivity contribution in [2.24, 2.45) is 0 Å². The van der Waals surface area contributed by atoms with E-state index in [0.29, 0.717) is 6.04 Å². The van der Waals surface area contributed by atoms with Gasteiger partial charge in [-0.25, -0.2) is 5.01 Å². The third-order valence-corrected chi connectivity index (χ3v) is 5.06. The summed E-state index contributed by atoms with van der Waals surface area (Å²) < 4.78 is 0. The molecule has 0 bridgehead atoms. The van der Waals surface area contributed by atoms with Crippen LogP contribution in [0.3, 0.4) is 0 Å². The van der Waals surface area contributed by atoms with Gasteiger partial charge in [0.2, 0.25) is 0 Å². The molecule has 0 spiro atoms. The van der Waals surface area contributed by atoms with E-state index in [1.165, 1.54) is 41.3 Å². The molecule has 0 amide bonds. The Kier molecular flexibility index (Phi) is 4.63. The van der Waals surface area contributed by atoms with Gasteiger partial charge in [0.25, 0.3) is 0 Å². The molecule has 24 heavy (non-hydrogen) atoms. The average molecular weight is 319 g/mol. The number of nitrogens with zero attached hydrogens (tertiary/aromatic N) is 1. The Morgan fingerprint density at radius 2 is 1.92 bits per heavy atom. The van der Waals surface area contributed by atoms with Crippen molar-refractivity contribution in [2.75, 3.05) is 13.1 Å². The Balaban J connectivity index is 1.48. The van der Waals surface area contributed by atoms with Crippen LogP contribution in [0.4, 0.5) is 0 Å². The zero-order valence-electron chi connectivity index (χ0n) is 14.0. The number of aromatic nitrogens is 1. The molecule has 1 aromatic heterocycles. The van der Waals surface area contributed by atoms with Crippen LogP contribution in [-0.2, 0) is 6.42 Å². The fourth-order valence-electron chi connectivity index (χ4n) is 3.83. The Bertz CT molecular complexity index is 778. The van der Waals surface area contributed by atoms with E-state index in [4.69, 9.17) is 0 Å². The SMILES string of the molecule is c1ccc(CCNN2CCCCC2c2cccc3[nH]ccc23)cc1. The molecule has 3 nitrogen and oxygen atoms in total. The number of piperidine rings is 1. The van der Waals surface area contributed by atoms with E-state index in [1.807, 2.05) is 6.20 Å². The van der Waals surface area contributed by atoms with Crippen molar-refractivity contribution in [3.63, 3.8) is 0 Å². The van der Waals surface area contributed by atoms with Crippen LogP contribution < -0.4 is 5.43 Å². The molecule has 1 fully saturated rings. The van der Waals surface area contributed by atoms with Gasteiger partial charge < -0.3 is 4.98 Å². The fourth-order valence-corrected chi connectivity index (χ4v) is 3.83. The molecule has 1 unspecified atom stereocenters. The van der Waals surface area contributed by atoms with Gasteiger partial charge in [-0.05, 0) is 42.5 Å². The number of nitrogens with one attached hydrogen (secondary N) is 2. The van der Waals surface area contributed by atoms with Crippen LogP contribution in [0.2, 0.25) is 0 Å². The molecule has 0 saturated carbocycles. The Morgan fingerprint density at radius 3 is 2.83 bits per heavy atom. The van der Waals surface area contributed by atoms with Gasteiger partial charge in [0, 0.05) is 36.2 Å². The van der Waals surface area contributed by atoms with Crippen LogP contribution in [0.1, 0.15) is 36.4 Å². The predicted octanol–water partition coefficient (Wildman–Crippen LogP) is 4.44.